The standard InChI is InChI=1S/C37H70O5.3Mg.6H/c1-3-5-7-9-11-13-15-17-19-21-23-25-27-29-31-33-35(38)41-37(40)42-36(39)34-32-30-28-26-24-22-20-18-16-14-12-10-8-6-4-2;;;;;;;;;/h3-34H2,1-2H3;;;;;;;;;/q;3*+2;6*-1. The van der Waals surface area contributed by atoms with E-state index < -0.39 is 18.1 Å². The zero-order valence-corrected chi connectivity index (χ0v) is 34.5. The van der Waals surface area contributed by atoms with E-state index in [1.165, 1.54) is 154 Å². The molecule has 0 unspecified atom stereocenters. The summed E-state index contributed by atoms with van der Waals surface area (Å²) in [5, 5.41) is 0. The van der Waals surface area contributed by atoms with Gasteiger partial charge in [0.2, 0.25) is 0 Å². The summed E-state index contributed by atoms with van der Waals surface area (Å²) in [5.41, 5.74) is 0. The van der Waals surface area contributed by atoms with Gasteiger partial charge in [0.1, 0.15) is 0 Å². The zero-order valence-electron chi connectivity index (χ0n) is 36.3. The molecule has 45 heavy (non-hydrogen) atoms. The molecule has 0 spiro atoms. The van der Waals surface area contributed by atoms with Gasteiger partial charge in [-0.25, -0.2) is 4.79 Å². The van der Waals surface area contributed by atoms with Crippen molar-refractivity contribution in [1.82, 2.24) is 0 Å². The fraction of sp³-hybridized carbons (Fsp3) is 0.919. The van der Waals surface area contributed by atoms with E-state index in [1.54, 1.807) is 0 Å². The molecule has 0 amide bonds. The molecule has 0 aliphatic rings. The van der Waals surface area contributed by atoms with Crippen molar-refractivity contribution in [3.8, 4) is 0 Å². The summed E-state index contributed by atoms with van der Waals surface area (Å²) in [5.74, 6) is -1.20. The molecule has 260 valence electrons. The Morgan fingerprint density at radius 1 is 0.333 bits per heavy atom. The predicted molar refractivity (Wildman–Crippen MR) is 201 cm³/mol. The topological polar surface area (TPSA) is 69.7 Å². The van der Waals surface area contributed by atoms with Crippen LogP contribution in [0.5, 0.6) is 0 Å². The molecule has 0 aromatic rings. The van der Waals surface area contributed by atoms with Gasteiger partial charge in [-0.15, -0.1) is 0 Å². The van der Waals surface area contributed by atoms with E-state index in [4.69, 9.17) is 0 Å². The van der Waals surface area contributed by atoms with Crippen LogP contribution in [0.2, 0.25) is 0 Å². The maximum Gasteiger partial charge on any atom is 2.00 e. The number of unbranched alkanes of at least 4 members (excludes halogenated alkanes) is 28. The molecule has 0 heterocycles. The molecule has 0 radical (unpaired) electrons. The third-order valence-corrected chi connectivity index (χ3v) is 8.36. The Morgan fingerprint density at radius 2 is 0.511 bits per heavy atom. The van der Waals surface area contributed by atoms with E-state index in [1.807, 2.05) is 0 Å². The number of hydrogen-bond acceptors (Lipinski definition) is 5. The van der Waals surface area contributed by atoms with Gasteiger partial charge in [-0.2, -0.15) is 0 Å². The van der Waals surface area contributed by atoms with Gasteiger partial charge in [0.05, 0.1) is 0 Å². The van der Waals surface area contributed by atoms with Crippen molar-refractivity contribution in [3.05, 3.63) is 0 Å². The van der Waals surface area contributed by atoms with Crippen molar-refractivity contribution in [3.63, 3.8) is 0 Å². The fourth-order valence-corrected chi connectivity index (χ4v) is 5.59. The average Bonchev–Trinajstić information content (AvgIpc) is 2.97. The van der Waals surface area contributed by atoms with Crippen LogP contribution in [0, 0.1) is 0 Å². The largest absolute Gasteiger partial charge is 2.00 e. The van der Waals surface area contributed by atoms with Crippen molar-refractivity contribution in [1.29, 1.82) is 0 Å². The van der Waals surface area contributed by atoms with E-state index in [0.29, 0.717) is 12.8 Å². The van der Waals surface area contributed by atoms with Gasteiger partial charge in [-0.1, -0.05) is 194 Å². The van der Waals surface area contributed by atoms with Gasteiger partial charge in [0.15, 0.2) is 0 Å². The Morgan fingerprint density at radius 3 is 0.711 bits per heavy atom. The van der Waals surface area contributed by atoms with Gasteiger partial charge >= 0.3 is 87.3 Å². The summed E-state index contributed by atoms with van der Waals surface area (Å²) >= 11 is 0. The molecular formula is C37H76Mg3O5. The van der Waals surface area contributed by atoms with Crippen molar-refractivity contribution in [2.75, 3.05) is 0 Å². The van der Waals surface area contributed by atoms with Crippen LogP contribution < -0.4 is 0 Å². The van der Waals surface area contributed by atoms with Gasteiger partial charge in [0, 0.05) is 12.8 Å². The van der Waals surface area contributed by atoms with Crippen molar-refractivity contribution in [2.24, 2.45) is 0 Å². The van der Waals surface area contributed by atoms with E-state index in [0.717, 1.165) is 25.7 Å². The van der Waals surface area contributed by atoms with Crippen molar-refractivity contribution < 1.29 is 32.4 Å². The van der Waals surface area contributed by atoms with Crippen LogP contribution in [0.15, 0.2) is 0 Å². The van der Waals surface area contributed by atoms with Crippen LogP contribution in [0.3, 0.4) is 0 Å². The zero-order chi connectivity index (χ0) is 30.8. The van der Waals surface area contributed by atoms with Crippen LogP contribution in [0.4, 0.5) is 4.79 Å². The first kappa shape index (κ1) is 52.7. The molecule has 0 aromatic carbocycles. The monoisotopic (exact) mass is 673 g/mol. The summed E-state index contributed by atoms with van der Waals surface area (Å²) < 4.78 is 9.30. The third-order valence-electron chi connectivity index (χ3n) is 8.36. The Balaban J connectivity index is -0.000000233. The van der Waals surface area contributed by atoms with Crippen LogP contribution in [-0.2, 0) is 19.1 Å². The number of carbonyl (C=O) groups excluding carboxylic acids is 3. The molecule has 0 aromatic heterocycles. The number of ether oxygens (including phenoxy) is 2. The van der Waals surface area contributed by atoms with Crippen LogP contribution in [0.1, 0.15) is 228 Å². The second-order valence-electron chi connectivity index (χ2n) is 12.6. The second-order valence-corrected chi connectivity index (χ2v) is 12.6. The summed E-state index contributed by atoms with van der Waals surface area (Å²) in [4.78, 5) is 35.4. The molecular weight excluding hydrogens is 597 g/mol. The van der Waals surface area contributed by atoms with Gasteiger partial charge in [-0.05, 0) is 12.8 Å². The normalized spacial score (nSPS) is 10.4. The average molecular weight is 674 g/mol. The fourth-order valence-electron chi connectivity index (χ4n) is 5.59. The third kappa shape index (κ3) is 44.9. The Kier molecular flexibility index (Phi) is 52.6. The van der Waals surface area contributed by atoms with E-state index in [-0.39, 0.29) is 90.6 Å². The van der Waals surface area contributed by atoms with Gasteiger partial charge < -0.3 is 18.0 Å². The SMILES string of the molecule is CCCCCCCCCCCCCCCCCC(=O)OC(=O)OC(=O)CCCCCCCCCCCCCCCCC.[H-].[H-].[H-].[H-].[H-].[H-].[Mg+2].[Mg+2].[Mg+2]. The number of hydrogen-bond donors (Lipinski definition) is 0. The molecule has 0 fully saturated rings. The number of rotatable bonds is 32. The molecule has 8 heteroatoms. The molecule has 5 nitrogen and oxygen atoms in total. The summed E-state index contributed by atoms with van der Waals surface area (Å²) in [6, 6.07) is 0. The maximum absolute atomic E-state index is 11.8. The molecule has 0 aliphatic heterocycles. The molecule has 0 saturated carbocycles. The summed E-state index contributed by atoms with van der Waals surface area (Å²) in [6.45, 7) is 4.53. The molecule has 0 atom stereocenters. The van der Waals surface area contributed by atoms with Crippen LogP contribution >= 0.6 is 0 Å². The quantitative estimate of drug-likeness (QED) is 0.0308. The van der Waals surface area contributed by atoms with Gasteiger partial charge in [-0.3, -0.25) is 9.59 Å². The Bertz CT molecular complexity index is 596. The Labute approximate surface area is 336 Å². The van der Waals surface area contributed by atoms with Crippen molar-refractivity contribution >= 4 is 87.3 Å². The van der Waals surface area contributed by atoms with E-state index in [2.05, 4.69) is 23.3 Å². The summed E-state index contributed by atoms with van der Waals surface area (Å²) in [7, 11) is 0. The maximum atomic E-state index is 11.8. The summed E-state index contributed by atoms with van der Waals surface area (Å²) in [6.07, 6.45) is 37.0. The Hall–Kier alpha value is 0.909. The first-order chi connectivity index (χ1) is 20.6. The second kappa shape index (κ2) is 44.9. The molecule has 0 N–H and O–H groups in total. The van der Waals surface area contributed by atoms with Crippen molar-refractivity contribution in [2.45, 2.75) is 219 Å². The minimum Gasteiger partial charge on any atom is -1.00 e. The molecule has 0 aliphatic carbocycles. The first-order valence-electron chi connectivity index (χ1n) is 18.6. The number of carbonyl (C=O) groups is 3. The smallest absolute Gasteiger partial charge is 1.00 e. The predicted octanol–water partition coefficient (Wildman–Crippen LogP) is 12.2. The molecule has 0 rings (SSSR count). The molecule has 0 bridgehead atoms. The van der Waals surface area contributed by atoms with Gasteiger partial charge in [0.25, 0.3) is 0 Å². The minimum atomic E-state index is -1.17. The van der Waals surface area contributed by atoms with E-state index >= 15 is 0 Å². The first-order valence-corrected chi connectivity index (χ1v) is 18.6. The van der Waals surface area contributed by atoms with E-state index in [9.17, 15) is 14.4 Å². The van der Waals surface area contributed by atoms with Crippen LogP contribution in [0.25, 0.3) is 0 Å². The number of esters is 2. The molecule has 0 saturated heterocycles. The van der Waals surface area contributed by atoms with Crippen LogP contribution in [-0.4, -0.2) is 87.3 Å². The minimum absolute atomic E-state index is 0.